The second-order valence-corrected chi connectivity index (χ2v) is 7.95. The standard InChI is InChI=1S/C17H26N2O3S/c1-3-14(4-2)17(20)18-15-10-12-19(13-11-15)23(21,22)16-8-6-5-7-9-16/h5-9,14-15H,3-4,10-13H2,1-2H3,(H,18,20). The lowest BCUT2D eigenvalue weighted by molar-refractivity contribution is -0.126. The zero-order chi connectivity index (χ0) is 16.9. The lowest BCUT2D eigenvalue weighted by atomic mass is 10.0. The fraction of sp³-hybridized carbons (Fsp3) is 0.588. The minimum Gasteiger partial charge on any atom is -0.353 e. The van der Waals surface area contributed by atoms with E-state index in [0.29, 0.717) is 30.8 Å². The maximum atomic E-state index is 12.6. The van der Waals surface area contributed by atoms with Crippen molar-refractivity contribution in [3.8, 4) is 0 Å². The summed E-state index contributed by atoms with van der Waals surface area (Å²) in [5.41, 5.74) is 0. The van der Waals surface area contributed by atoms with Crippen LogP contribution in [-0.2, 0) is 14.8 Å². The van der Waals surface area contributed by atoms with Crippen molar-refractivity contribution in [2.24, 2.45) is 5.92 Å². The van der Waals surface area contributed by atoms with Gasteiger partial charge in [0.2, 0.25) is 15.9 Å². The van der Waals surface area contributed by atoms with Crippen LogP contribution in [0.25, 0.3) is 0 Å². The van der Waals surface area contributed by atoms with Gasteiger partial charge in [0.25, 0.3) is 0 Å². The largest absolute Gasteiger partial charge is 0.353 e. The number of carbonyl (C=O) groups is 1. The van der Waals surface area contributed by atoms with E-state index in [4.69, 9.17) is 0 Å². The van der Waals surface area contributed by atoms with Crippen LogP contribution in [0.1, 0.15) is 39.5 Å². The molecule has 23 heavy (non-hydrogen) atoms. The highest BCUT2D eigenvalue weighted by molar-refractivity contribution is 7.89. The molecule has 1 aliphatic heterocycles. The minimum atomic E-state index is -3.42. The van der Waals surface area contributed by atoms with Crippen LogP contribution in [-0.4, -0.2) is 37.8 Å². The number of nitrogens with one attached hydrogen (secondary N) is 1. The van der Waals surface area contributed by atoms with Gasteiger partial charge < -0.3 is 5.32 Å². The molecule has 0 bridgehead atoms. The highest BCUT2D eigenvalue weighted by Crippen LogP contribution is 2.21. The normalized spacial score (nSPS) is 17.3. The Balaban J connectivity index is 1.93. The molecule has 0 unspecified atom stereocenters. The van der Waals surface area contributed by atoms with Crippen LogP contribution in [0.3, 0.4) is 0 Å². The maximum absolute atomic E-state index is 12.6. The number of hydrogen-bond acceptors (Lipinski definition) is 3. The van der Waals surface area contributed by atoms with E-state index in [1.165, 1.54) is 4.31 Å². The first-order chi connectivity index (χ1) is 11.0. The zero-order valence-corrected chi connectivity index (χ0v) is 14.7. The number of piperidine rings is 1. The van der Waals surface area contributed by atoms with Crippen molar-refractivity contribution in [1.82, 2.24) is 9.62 Å². The van der Waals surface area contributed by atoms with E-state index in [1.807, 2.05) is 13.8 Å². The third-order valence-corrected chi connectivity index (χ3v) is 6.45. The van der Waals surface area contributed by atoms with Crippen molar-refractivity contribution in [2.45, 2.75) is 50.5 Å². The monoisotopic (exact) mass is 338 g/mol. The Morgan fingerprint density at radius 2 is 1.74 bits per heavy atom. The summed E-state index contributed by atoms with van der Waals surface area (Å²) < 4.78 is 26.6. The van der Waals surface area contributed by atoms with Gasteiger partial charge in [-0.05, 0) is 37.8 Å². The molecule has 1 saturated heterocycles. The van der Waals surface area contributed by atoms with Gasteiger partial charge in [-0.2, -0.15) is 4.31 Å². The van der Waals surface area contributed by atoms with Crippen LogP contribution in [0.2, 0.25) is 0 Å². The molecule has 6 heteroatoms. The van der Waals surface area contributed by atoms with Gasteiger partial charge in [-0.25, -0.2) is 8.42 Å². The number of sulfonamides is 1. The van der Waals surface area contributed by atoms with Crippen LogP contribution >= 0.6 is 0 Å². The lowest BCUT2D eigenvalue weighted by Gasteiger charge is -2.32. The molecule has 5 nitrogen and oxygen atoms in total. The molecule has 1 heterocycles. The van der Waals surface area contributed by atoms with E-state index in [1.54, 1.807) is 30.3 Å². The molecule has 1 N–H and O–H groups in total. The Bertz CT molecular complexity index is 604. The highest BCUT2D eigenvalue weighted by Gasteiger charge is 2.30. The van der Waals surface area contributed by atoms with Crippen LogP contribution < -0.4 is 5.32 Å². The number of carbonyl (C=O) groups excluding carboxylic acids is 1. The van der Waals surface area contributed by atoms with Crippen molar-refractivity contribution in [1.29, 1.82) is 0 Å². The topological polar surface area (TPSA) is 66.5 Å². The molecule has 0 saturated carbocycles. The molecule has 0 aliphatic carbocycles. The van der Waals surface area contributed by atoms with E-state index >= 15 is 0 Å². The summed E-state index contributed by atoms with van der Waals surface area (Å²) in [7, 11) is -3.42. The van der Waals surface area contributed by atoms with Crippen molar-refractivity contribution in [3.05, 3.63) is 30.3 Å². The van der Waals surface area contributed by atoms with Crippen LogP contribution in [0.15, 0.2) is 35.2 Å². The van der Waals surface area contributed by atoms with Gasteiger partial charge in [0, 0.05) is 25.0 Å². The summed E-state index contributed by atoms with van der Waals surface area (Å²) >= 11 is 0. The SMILES string of the molecule is CCC(CC)C(=O)NC1CCN(S(=O)(=O)c2ccccc2)CC1. The average molecular weight is 338 g/mol. The summed E-state index contributed by atoms with van der Waals surface area (Å²) in [6.45, 7) is 4.93. The Labute approximate surface area is 139 Å². The zero-order valence-electron chi connectivity index (χ0n) is 13.9. The number of benzene rings is 1. The first kappa shape index (κ1) is 17.9. The predicted octanol–water partition coefficient (Wildman–Crippen LogP) is 2.39. The highest BCUT2D eigenvalue weighted by atomic mass is 32.2. The first-order valence-corrected chi connectivity index (χ1v) is 9.78. The van der Waals surface area contributed by atoms with Gasteiger partial charge in [-0.15, -0.1) is 0 Å². The molecule has 2 rings (SSSR count). The first-order valence-electron chi connectivity index (χ1n) is 8.34. The fourth-order valence-corrected chi connectivity index (χ4v) is 4.45. The van der Waals surface area contributed by atoms with Crippen molar-refractivity contribution in [3.63, 3.8) is 0 Å². The van der Waals surface area contributed by atoms with E-state index in [9.17, 15) is 13.2 Å². The average Bonchev–Trinajstić information content (AvgIpc) is 2.57. The van der Waals surface area contributed by atoms with Gasteiger partial charge in [-0.3, -0.25) is 4.79 Å². The molecule has 128 valence electrons. The van der Waals surface area contributed by atoms with Crippen molar-refractivity contribution >= 4 is 15.9 Å². The Hall–Kier alpha value is -1.40. The summed E-state index contributed by atoms with van der Waals surface area (Å²) in [6, 6.07) is 8.58. The van der Waals surface area contributed by atoms with Crippen LogP contribution in [0, 0.1) is 5.92 Å². The summed E-state index contributed by atoms with van der Waals surface area (Å²) in [5.74, 6) is 0.153. The van der Waals surface area contributed by atoms with Crippen molar-refractivity contribution in [2.75, 3.05) is 13.1 Å². The van der Waals surface area contributed by atoms with Gasteiger partial charge in [0.1, 0.15) is 0 Å². The summed E-state index contributed by atoms with van der Waals surface area (Å²) in [6.07, 6.45) is 3.00. The van der Waals surface area contributed by atoms with Gasteiger partial charge in [0.15, 0.2) is 0 Å². The Kier molecular flexibility index (Phi) is 6.18. The van der Waals surface area contributed by atoms with Crippen molar-refractivity contribution < 1.29 is 13.2 Å². The lowest BCUT2D eigenvalue weighted by Crippen LogP contribution is -2.47. The molecular weight excluding hydrogens is 312 g/mol. The summed E-state index contributed by atoms with van der Waals surface area (Å²) in [4.78, 5) is 12.5. The third kappa shape index (κ3) is 4.32. The quantitative estimate of drug-likeness (QED) is 0.866. The molecule has 1 aromatic rings. The molecule has 1 aromatic carbocycles. The van der Waals surface area contributed by atoms with E-state index in [0.717, 1.165) is 12.8 Å². The molecule has 0 aromatic heterocycles. The fourth-order valence-electron chi connectivity index (χ4n) is 2.96. The molecule has 1 aliphatic rings. The maximum Gasteiger partial charge on any atom is 0.243 e. The molecule has 1 fully saturated rings. The predicted molar refractivity (Wildman–Crippen MR) is 90.4 cm³/mol. The number of nitrogens with zero attached hydrogens (tertiary/aromatic N) is 1. The van der Waals surface area contributed by atoms with E-state index in [-0.39, 0.29) is 17.9 Å². The molecule has 0 radical (unpaired) electrons. The number of amides is 1. The van der Waals surface area contributed by atoms with Gasteiger partial charge >= 0.3 is 0 Å². The van der Waals surface area contributed by atoms with Crippen LogP contribution in [0.4, 0.5) is 0 Å². The minimum absolute atomic E-state index is 0.0566. The van der Waals surface area contributed by atoms with Crippen LogP contribution in [0.5, 0.6) is 0 Å². The Morgan fingerprint density at radius 1 is 1.17 bits per heavy atom. The number of rotatable bonds is 6. The van der Waals surface area contributed by atoms with E-state index < -0.39 is 10.0 Å². The smallest absolute Gasteiger partial charge is 0.243 e. The number of hydrogen-bond donors (Lipinski definition) is 1. The Morgan fingerprint density at radius 3 is 2.26 bits per heavy atom. The van der Waals surface area contributed by atoms with E-state index in [2.05, 4.69) is 5.32 Å². The second kappa shape index (κ2) is 7.93. The van der Waals surface area contributed by atoms with Gasteiger partial charge in [0.05, 0.1) is 4.90 Å². The summed E-state index contributed by atoms with van der Waals surface area (Å²) in [5, 5.41) is 3.07. The second-order valence-electron chi connectivity index (χ2n) is 6.01. The molecule has 0 atom stereocenters. The third-order valence-electron chi connectivity index (χ3n) is 4.54. The molecule has 0 spiro atoms. The molecule has 1 amide bonds. The molecular formula is C17H26N2O3S. The van der Waals surface area contributed by atoms with Gasteiger partial charge in [-0.1, -0.05) is 32.0 Å².